The maximum absolute atomic E-state index is 12.5. The molecule has 0 aromatic carbocycles. The average Bonchev–Trinajstić information content (AvgIpc) is 3.13. The van der Waals surface area contributed by atoms with Gasteiger partial charge >= 0.3 is 6.18 Å². The first-order valence-electron chi connectivity index (χ1n) is 7.33. The molecule has 0 saturated carbocycles. The van der Waals surface area contributed by atoms with E-state index in [0.717, 1.165) is 26.6 Å². The van der Waals surface area contributed by atoms with E-state index in [-0.39, 0.29) is 0 Å². The molecule has 0 unspecified atom stereocenters. The minimum Gasteiger partial charge on any atom is -0.357 e. The summed E-state index contributed by atoms with van der Waals surface area (Å²) in [7, 11) is 0. The lowest BCUT2D eigenvalue weighted by molar-refractivity contribution is -0.140. The molecule has 10 heteroatoms. The molecule has 0 spiro atoms. The molecular formula is C14H18F3N5S2. The molecule has 0 aliphatic carbocycles. The number of rotatable bonds is 6. The lowest BCUT2D eigenvalue weighted by Gasteiger charge is -2.10. The van der Waals surface area contributed by atoms with Gasteiger partial charge in [0.05, 0.1) is 11.6 Å². The molecule has 2 aromatic heterocycles. The Balaban J connectivity index is 1.85. The Morgan fingerprint density at radius 1 is 1.29 bits per heavy atom. The number of alkyl halides is 3. The van der Waals surface area contributed by atoms with Crippen LogP contribution in [0.1, 0.15) is 27.5 Å². The number of nitrogens with one attached hydrogen (secondary N) is 2. The predicted octanol–water partition coefficient (Wildman–Crippen LogP) is 3.22. The number of hydrogen-bond acceptors (Lipinski definition) is 5. The number of guanidine groups is 1. The van der Waals surface area contributed by atoms with E-state index in [1.807, 2.05) is 13.8 Å². The van der Waals surface area contributed by atoms with E-state index in [1.54, 1.807) is 17.5 Å². The maximum Gasteiger partial charge on any atom is 0.434 e. The van der Waals surface area contributed by atoms with Crippen LogP contribution >= 0.6 is 22.7 Å². The van der Waals surface area contributed by atoms with E-state index in [0.29, 0.717) is 37.0 Å². The van der Waals surface area contributed by atoms with E-state index in [2.05, 4.69) is 25.6 Å². The monoisotopic (exact) mass is 377 g/mol. The van der Waals surface area contributed by atoms with Gasteiger partial charge in [0.1, 0.15) is 5.01 Å². The minimum atomic E-state index is -4.38. The van der Waals surface area contributed by atoms with Gasteiger partial charge in [-0.3, -0.25) is 0 Å². The zero-order chi connectivity index (χ0) is 17.6. The summed E-state index contributed by atoms with van der Waals surface area (Å²) in [5.74, 6) is 0.609. The Labute approximate surface area is 146 Å². The summed E-state index contributed by atoms with van der Waals surface area (Å²) in [6.45, 7) is 5.54. The second-order valence-corrected chi connectivity index (χ2v) is 7.12. The summed E-state index contributed by atoms with van der Waals surface area (Å²) in [4.78, 5) is 13.4. The van der Waals surface area contributed by atoms with Crippen LogP contribution in [0.5, 0.6) is 0 Å². The number of aliphatic imine (C=N–C) groups is 1. The average molecular weight is 377 g/mol. The van der Waals surface area contributed by atoms with Crippen molar-refractivity contribution in [3.63, 3.8) is 0 Å². The van der Waals surface area contributed by atoms with E-state index in [1.165, 1.54) is 0 Å². The molecule has 2 heterocycles. The highest BCUT2D eigenvalue weighted by Crippen LogP contribution is 2.29. The molecule has 0 fully saturated rings. The first-order chi connectivity index (χ1) is 11.4. The normalized spacial score (nSPS) is 12.5. The molecule has 24 heavy (non-hydrogen) atoms. The topological polar surface area (TPSA) is 62.2 Å². The van der Waals surface area contributed by atoms with Crippen molar-refractivity contribution < 1.29 is 13.2 Å². The van der Waals surface area contributed by atoms with E-state index in [9.17, 15) is 13.2 Å². The summed E-state index contributed by atoms with van der Waals surface area (Å²) in [6, 6.07) is 0. The fourth-order valence-electron chi connectivity index (χ4n) is 1.81. The van der Waals surface area contributed by atoms with Crippen LogP contribution in [0.15, 0.2) is 16.6 Å². The highest BCUT2D eigenvalue weighted by atomic mass is 32.1. The van der Waals surface area contributed by atoms with Crippen LogP contribution < -0.4 is 10.6 Å². The lowest BCUT2D eigenvalue weighted by Crippen LogP contribution is -2.38. The Morgan fingerprint density at radius 2 is 2.08 bits per heavy atom. The molecule has 2 N–H and O–H groups in total. The number of hydrogen-bond donors (Lipinski definition) is 2. The molecule has 0 atom stereocenters. The molecule has 0 aliphatic heterocycles. The highest BCUT2D eigenvalue weighted by molar-refractivity contribution is 7.11. The molecule has 2 aromatic rings. The summed E-state index contributed by atoms with van der Waals surface area (Å²) in [6.07, 6.45) is -2.18. The van der Waals surface area contributed by atoms with Crippen molar-refractivity contribution in [2.45, 2.75) is 33.0 Å². The SMILES string of the molecule is CCNC(=NCc1ncc(C)s1)NCCc1nc(C(F)(F)F)cs1. The van der Waals surface area contributed by atoms with Gasteiger partial charge < -0.3 is 10.6 Å². The van der Waals surface area contributed by atoms with Gasteiger partial charge in [-0.1, -0.05) is 0 Å². The fraction of sp³-hybridized carbons (Fsp3) is 0.500. The van der Waals surface area contributed by atoms with E-state index >= 15 is 0 Å². The van der Waals surface area contributed by atoms with Crippen molar-refractivity contribution in [1.29, 1.82) is 0 Å². The van der Waals surface area contributed by atoms with Gasteiger partial charge in [-0.25, -0.2) is 15.0 Å². The third-order valence-corrected chi connectivity index (χ3v) is 4.67. The first kappa shape index (κ1) is 18.7. The van der Waals surface area contributed by atoms with Crippen LogP contribution in [0, 0.1) is 6.92 Å². The van der Waals surface area contributed by atoms with Crippen molar-refractivity contribution in [1.82, 2.24) is 20.6 Å². The molecule has 0 aliphatic rings. The Morgan fingerprint density at radius 3 is 2.67 bits per heavy atom. The largest absolute Gasteiger partial charge is 0.434 e. The number of thiazole rings is 2. The van der Waals surface area contributed by atoms with Gasteiger partial charge in [0.25, 0.3) is 0 Å². The predicted molar refractivity (Wildman–Crippen MR) is 90.5 cm³/mol. The number of aryl methyl sites for hydroxylation is 1. The third kappa shape index (κ3) is 5.75. The molecule has 0 radical (unpaired) electrons. The molecule has 132 valence electrons. The number of nitrogens with zero attached hydrogens (tertiary/aromatic N) is 3. The van der Waals surface area contributed by atoms with Gasteiger partial charge in [-0.2, -0.15) is 13.2 Å². The Hall–Kier alpha value is -1.68. The Kier molecular flexibility index (Phi) is 6.55. The first-order valence-corrected chi connectivity index (χ1v) is 9.03. The second kappa shape index (κ2) is 8.43. The van der Waals surface area contributed by atoms with Gasteiger partial charge in [0.2, 0.25) is 0 Å². The van der Waals surface area contributed by atoms with Crippen LogP contribution in [0.2, 0.25) is 0 Å². The molecule has 2 rings (SSSR count). The second-order valence-electron chi connectivity index (χ2n) is 4.86. The zero-order valence-electron chi connectivity index (χ0n) is 13.3. The highest BCUT2D eigenvalue weighted by Gasteiger charge is 2.33. The molecule has 0 bridgehead atoms. The summed E-state index contributed by atoms with van der Waals surface area (Å²) >= 11 is 2.60. The molecular weight excluding hydrogens is 359 g/mol. The lowest BCUT2D eigenvalue weighted by atomic mass is 10.4. The summed E-state index contributed by atoms with van der Waals surface area (Å²) in [5.41, 5.74) is -0.831. The van der Waals surface area contributed by atoms with Gasteiger partial charge in [0.15, 0.2) is 11.7 Å². The molecule has 0 amide bonds. The maximum atomic E-state index is 12.5. The van der Waals surface area contributed by atoms with Gasteiger partial charge in [0, 0.05) is 36.0 Å². The van der Waals surface area contributed by atoms with Crippen LogP contribution in [0.4, 0.5) is 13.2 Å². The summed E-state index contributed by atoms with van der Waals surface area (Å²) in [5, 5.41) is 8.59. The van der Waals surface area contributed by atoms with Gasteiger partial charge in [-0.15, -0.1) is 22.7 Å². The van der Waals surface area contributed by atoms with Crippen LogP contribution in [-0.4, -0.2) is 29.0 Å². The van der Waals surface area contributed by atoms with Crippen LogP contribution in [-0.2, 0) is 19.1 Å². The smallest absolute Gasteiger partial charge is 0.357 e. The van der Waals surface area contributed by atoms with E-state index < -0.39 is 11.9 Å². The van der Waals surface area contributed by atoms with Crippen LogP contribution in [0.3, 0.4) is 0 Å². The van der Waals surface area contributed by atoms with Crippen molar-refractivity contribution >= 4 is 28.6 Å². The quantitative estimate of drug-likeness (QED) is 0.599. The van der Waals surface area contributed by atoms with Crippen molar-refractivity contribution in [2.75, 3.05) is 13.1 Å². The number of aromatic nitrogens is 2. The van der Waals surface area contributed by atoms with Crippen molar-refractivity contribution in [3.8, 4) is 0 Å². The third-order valence-electron chi connectivity index (χ3n) is 2.86. The fourth-order valence-corrected chi connectivity index (χ4v) is 3.32. The molecule has 5 nitrogen and oxygen atoms in total. The minimum absolute atomic E-state index is 0.404. The number of halogens is 3. The van der Waals surface area contributed by atoms with E-state index in [4.69, 9.17) is 0 Å². The Bertz CT molecular complexity index is 678. The van der Waals surface area contributed by atoms with Crippen LogP contribution in [0.25, 0.3) is 0 Å². The van der Waals surface area contributed by atoms with Crippen molar-refractivity contribution in [2.24, 2.45) is 4.99 Å². The van der Waals surface area contributed by atoms with Crippen molar-refractivity contribution in [3.05, 3.63) is 32.2 Å². The van der Waals surface area contributed by atoms with Gasteiger partial charge in [-0.05, 0) is 13.8 Å². The standard InChI is InChI=1S/C14H18F3N5S2/c1-3-18-13(21-7-12-20-6-9(2)24-12)19-5-4-11-22-10(8-23-11)14(15,16)17/h6,8H,3-5,7H2,1-2H3,(H2,18,19,21). The molecule has 0 saturated heterocycles. The summed E-state index contributed by atoms with van der Waals surface area (Å²) < 4.78 is 37.5. The zero-order valence-corrected chi connectivity index (χ0v) is 14.9.